The van der Waals surface area contributed by atoms with Crippen molar-refractivity contribution in [3.05, 3.63) is 138 Å². The molecule has 0 atom stereocenters. The van der Waals surface area contributed by atoms with Gasteiger partial charge in [0.15, 0.2) is 6.20 Å². The van der Waals surface area contributed by atoms with E-state index in [4.69, 9.17) is 0 Å². The number of hydrogen-bond donors (Lipinski definition) is 0. The van der Waals surface area contributed by atoms with Crippen LogP contribution in [0, 0.1) is 20.8 Å². The highest BCUT2D eigenvalue weighted by molar-refractivity contribution is 6.25. The van der Waals surface area contributed by atoms with Crippen LogP contribution in [0.25, 0.3) is 66.2 Å². The molecule has 0 unspecified atom stereocenters. The Morgan fingerprint density at radius 2 is 1.14 bits per heavy atom. The number of aryl methyl sites for hydroxylation is 3. The highest BCUT2D eigenvalue weighted by Crippen LogP contribution is 2.44. The molecule has 3 heteroatoms. The average molecular weight is 543 g/mol. The molecule has 0 saturated heterocycles. The van der Waals surface area contributed by atoms with Crippen molar-refractivity contribution >= 4 is 43.6 Å². The van der Waals surface area contributed by atoms with Gasteiger partial charge in [-0.1, -0.05) is 78.4 Å². The zero-order chi connectivity index (χ0) is 28.5. The van der Waals surface area contributed by atoms with Crippen molar-refractivity contribution in [1.82, 2.24) is 9.13 Å². The molecule has 0 amide bonds. The van der Waals surface area contributed by atoms with Gasteiger partial charge in [-0.05, 0) is 68.3 Å². The first-order valence-corrected chi connectivity index (χ1v) is 14.6. The molecule has 0 radical (unpaired) electrons. The third-order valence-corrected chi connectivity index (χ3v) is 8.94. The predicted molar refractivity (Wildman–Crippen MR) is 176 cm³/mol. The molecule has 0 fully saturated rings. The summed E-state index contributed by atoms with van der Waals surface area (Å²) in [5, 5.41) is 5.05. The van der Waals surface area contributed by atoms with E-state index in [-0.39, 0.29) is 0 Å². The lowest BCUT2D eigenvalue weighted by Crippen LogP contribution is -2.30. The number of rotatable bonds is 3. The molecule has 5 aromatic carbocycles. The van der Waals surface area contributed by atoms with Crippen molar-refractivity contribution in [3.63, 3.8) is 0 Å². The normalized spacial score (nSPS) is 11.8. The van der Waals surface area contributed by atoms with E-state index in [1.165, 1.54) is 71.6 Å². The van der Waals surface area contributed by atoms with Gasteiger partial charge in [0.05, 0.1) is 33.0 Å². The standard InChI is InChI=1S/C39H32N3/c1-25-23-26(2)27(3)33(24-25)37-36-32-20-19-31-30-17-11-12-18-34(30)41(28-13-7-5-8-14-28)38(31)39(32)42(29-15-9-6-10-16-29)35(36)21-22-40(37)4/h5-24H,1-4H3/q+1. The SMILES string of the molecule is Cc1cc(C)c(C)c(-c2c3c4ccc5c6ccccc6n(-c6ccccc6)c5c4n(-c4ccccc4)c3cc[n+]2C)c1. The molecular weight excluding hydrogens is 510 g/mol. The van der Waals surface area contributed by atoms with Crippen molar-refractivity contribution in [2.75, 3.05) is 0 Å². The van der Waals surface area contributed by atoms with Crippen molar-refractivity contribution in [2.45, 2.75) is 20.8 Å². The van der Waals surface area contributed by atoms with Gasteiger partial charge in [-0.3, -0.25) is 0 Å². The summed E-state index contributed by atoms with van der Waals surface area (Å²) in [7, 11) is 2.18. The number of nitrogens with zero attached hydrogens (tertiary/aromatic N) is 3. The van der Waals surface area contributed by atoms with Gasteiger partial charge in [-0.2, -0.15) is 0 Å². The molecule has 0 N–H and O–H groups in total. The smallest absolute Gasteiger partial charge is 0.222 e. The van der Waals surface area contributed by atoms with Gasteiger partial charge >= 0.3 is 0 Å². The summed E-state index contributed by atoms with van der Waals surface area (Å²) in [6, 6.07) is 42.0. The summed E-state index contributed by atoms with van der Waals surface area (Å²) in [6.45, 7) is 6.68. The Bertz CT molecular complexity index is 2320. The summed E-state index contributed by atoms with van der Waals surface area (Å²) in [6.07, 6.45) is 2.22. The van der Waals surface area contributed by atoms with Crippen LogP contribution in [0.5, 0.6) is 0 Å². The number of benzene rings is 5. The van der Waals surface area contributed by atoms with Crippen LogP contribution in [-0.4, -0.2) is 9.13 Å². The number of aromatic nitrogens is 3. The zero-order valence-electron chi connectivity index (χ0n) is 24.4. The van der Waals surface area contributed by atoms with Gasteiger partial charge in [0.1, 0.15) is 7.05 Å². The first kappa shape index (κ1) is 24.6. The largest absolute Gasteiger partial charge is 0.307 e. The predicted octanol–water partition coefficient (Wildman–Crippen LogP) is 9.30. The Balaban J connectivity index is 1.67. The fourth-order valence-corrected chi connectivity index (χ4v) is 6.98. The topological polar surface area (TPSA) is 13.7 Å². The van der Waals surface area contributed by atoms with E-state index in [0.717, 1.165) is 11.4 Å². The van der Waals surface area contributed by atoms with E-state index in [1.54, 1.807) is 0 Å². The van der Waals surface area contributed by atoms with Gasteiger partial charge in [-0.15, -0.1) is 0 Å². The first-order chi connectivity index (χ1) is 20.5. The molecule has 0 bridgehead atoms. The molecule has 0 aliphatic heterocycles. The van der Waals surface area contributed by atoms with E-state index in [1.807, 2.05) is 0 Å². The second kappa shape index (κ2) is 9.19. The molecule has 202 valence electrons. The van der Waals surface area contributed by atoms with Gasteiger partial charge in [-0.25, -0.2) is 4.57 Å². The Morgan fingerprint density at radius 1 is 0.548 bits per heavy atom. The van der Waals surface area contributed by atoms with Crippen LogP contribution in [0.15, 0.2) is 121 Å². The van der Waals surface area contributed by atoms with Crippen LogP contribution >= 0.6 is 0 Å². The summed E-state index contributed by atoms with van der Waals surface area (Å²) in [4.78, 5) is 0. The molecule has 0 aliphatic rings. The van der Waals surface area contributed by atoms with E-state index >= 15 is 0 Å². The van der Waals surface area contributed by atoms with Gasteiger partial charge in [0.25, 0.3) is 0 Å². The number of hydrogen-bond acceptors (Lipinski definition) is 0. The van der Waals surface area contributed by atoms with Crippen molar-refractivity contribution in [3.8, 4) is 22.6 Å². The van der Waals surface area contributed by atoms with Crippen LogP contribution in [0.1, 0.15) is 16.7 Å². The minimum Gasteiger partial charge on any atom is -0.307 e. The maximum atomic E-state index is 2.48. The van der Waals surface area contributed by atoms with E-state index in [2.05, 4.69) is 163 Å². The minimum absolute atomic E-state index is 1.16. The Labute approximate surface area is 245 Å². The Morgan fingerprint density at radius 3 is 1.86 bits per heavy atom. The zero-order valence-corrected chi connectivity index (χ0v) is 24.4. The maximum Gasteiger partial charge on any atom is 0.222 e. The summed E-state index contributed by atoms with van der Waals surface area (Å²) in [5.41, 5.74) is 13.7. The lowest BCUT2D eigenvalue weighted by molar-refractivity contribution is -0.659. The minimum atomic E-state index is 1.16. The van der Waals surface area contributed by atoms with Crippen LogP contribution < -0.4 is 4.57 Å². The Kier molecular flexibility index (Phi) is 5.39. The second-order valence-corrected chi connectivity index (χ2v) is 11.5. The molecule has 8 aromatic rings. The van der Waals surface area contributed by atoms with Crippen molar-refractivity contribution in [1.29, 1.82) is 0 Å². The molecule has 3 aromatic heterocycles. The molecule has 0 saturated carbocycles. The highest BCUT2D eigenvalue weighted by Gasteiger charge is 2.27. The molecule has 3 heterocycles. The fourth-order valence-electron chi connectivity index (χ4n) is 6.98. The quantitative estimate of drug-likeness (QED) is 0.198. The van der Waals surface area contributed by atoms with Crippen LogP contribution in [0.4, 0.5) is 0 Å². The van der Waals surface area contributed by atoms with Gasteiger partial charge < -0.3 is 9.13 Å². The Hall–Kier alpha value is -5.15. The lowest BCUT2D eigenvalue weighted by Gasteiger charge is -2.12. The summed E-state index contributed by atoms with van der Waals surface area (Å²) < 4.78 is 7.23. The van der Waals surface area contributed by atoms with E-state index in [9.17, 15) is 0 Å². The molecule has 8 rings (SSSR count). The van der Waals surface area contributed by atoms with E-state index in [0.29, 0.717) is 0 Å². The molecular formula is C39H32N3+. The van der Waals surface area contributed by atoms with Gasteiger partial charge in [0.2, 0.25) is 5.69 Å². The number of fused-ring (bicyclic) bond motifs is 7. The van der Waals surface area contributed by atoms with Crippen LogP contribution in [0.3, 0.4) is 0 Å². The molecule has 42 heavy (non-hydrogen) atoms. The lowest BCUT2D eigenvalue weighted by atomic mass is 9.95. The van der Waals surface area contributed by atoms with Crippen LogP contribution in [-0.2, 0) is 7.05 Å². The van der Waals surface area contributed by atoms with Crippen molar-refractivity contribution in [2.24, 2.45) is 7.05 Å². The van der Waals surface area contributed by atoms with E-state index < -0.39 is 0 Å². The van der Waals surface area contributed by atoms with Gasteiger partial charge in [0, 0.05) is 33.6 Å². The monoisotopic (exact) mass is 542 g/mol. The van der Waals surface area contributed by atoms with Crippen LogP contribution in [0.2, 0.25) is 0 Å². The number of pyridine rings is 1. The van der Waals surface area contributed by atoms with Crippen molar-refractivity contribution < 1.29 is 4.57 Å². The maximum absolute atomic E-state index is 2.48. The highest BCUT2D eigenvalue weighted by atomic mass is 15.1. The number of para-hydroxylation sites is 3. The molecule has 0 spiro atoms. The summed E-state index contributed by atoms with van der Waals surface area (Å²) in [5.74, 6) is 0. The molecule has 3 nitrogen and oxygen atoms in total. The average Bonchev–Trinajstić information content (AvgIpc) is 3.53. The molecule has 0 aliphatic carbocycles. The fraction of sp³-hybridized carbons (Fsp3) is 0.103. The summed E-state index contributed by atoms with van der Waals surface area (Å²) >= 11 is 0. The third-order valence-electron chi connectivity index (χ3n) is 8.94. The second-order valence-electron chi connectivity index (χ2n) is 11.5. The first-order valence-electron chi connectivity index (χ1n) is 14.6. The third kappa shape index (κ3) is 3.43.